The van der Waals surface area contributed by atoms with Crippen molar-refractivity contribution in [2.45, 2.75) is 13.8 Å². The fraction of sp³-hybridized carbons (Fsp3) is 0.158. The molecule has 24 heavy (non-hydrogen) atoms. The van der Waals surface area contributed by atoms with Gasteiger partial charge in [0, 0.05) is 22.3 Å². The number of ether oxygens (including phenoxy) is 1. The van der Waals surface area contributed by atoms with Gasteiger partial charge >= 0.3 is 5.97 Å². The second kappa shape index (κ2) is 6.89. The van der Waals surface area contributed by atoms with Crippen molar-refractivity contribution in [3.05, 3.63) is 64.8 Å². The summed E-state index contributed by atoms with van der Waals surface area (Å²) in [7, 11) is 0. The van der Waals surface area contributed by atoms with Crippen molar-refractivity contribution in [3.8, 4) is 0 Å². The van der Waals surface area contributed by atoms with Crippen LogP contribution in [0.3, 0.4) is 0 Å². The Hall–Kier alpha value is -2.59. The van der Waals surface area contributed by atoms with E-state index in [2.05, 4.69) is 10.3 Å². The van der Waals surface area contributed by atoms with E-state index in [0.29, 0.717) is 28.4 Å². The van der Waals surface area contributed by atoms with E-state index < -0.39 is 5.97 Å². The predicted molar refractivity (Wildman–Crippen MR) is 97.2 cm³/mol. The number of carbonyl (C=O) groups excluding carboxylic acids is 1. The van der Waals surface area contributed by atoms with Crippen LogP contribution in [0.2, 0.25) is 5.02 Å². The summed E-state index contributed by atoms with van der Waals surface area (Å²) in [6, 6.07) is 13.3. The molecule has 122 valence electrons. The summed E-state index contributed by atoms with van der Waals surface area (Å²) < 4.78 is 5.16. The molecule has 0 spiro atoms. The monoisotopic (exact) mass is 340 g/mol. The molecule has 0 unspecified atom stereocenters. The highest BCUT2D eigenvalue weighted by Crippen LogP contribution is 2.31. The van der Waals surface area contributed by atoms with Crippen molar-refractivity contribution >= 4 is 39.8 Å². The summed E-state index contributed by atoms with van der Waals surface area (Å²) >= 11 is 6.05. The number of hydrogen-bond donors (Lipinski definition) is 1. The Morgan fingerprint density at radius 1 is 1.25 bits per heavy atom. The van der Waals surface area contributed by atoms with Gasteiger partial charge in [-0.15, -0.1) is 0 Å². The van der Waals surface area contributed by atoms with E-state index in [1.165, 1.54) is 6.20 Å². The van der Waals surface area contributed by atoms with E-state index in [-0.39, 0.29) is 0 Å². The van der Waals surface area contributed by atoms with Gasteiger partial charge in [-0.3, -0.25) is 4.98 Å². The zero-order valence-electron chi connectivity index (χ0n) is 13.5. The van der Waals surface area contributed by atoms with E-state index in [1.54, 1.807) is 19.1 Å². The highest BCUT2D eigenvalue weighted by Gasteiger charge is 2.17. The number of aromatic nitrogens is 1. The Labute approximate surface area is 145 Å². The van der Waals surface area contributed by atoms with Gasteiger partial charge in [0.15, 0.2) is 0 Å². The van der Waals surface area contributed by atoms with Crippen LogP contribution in [-0.2, 0) is 4.74 Å². The van der Waals surface area contributed by atoms with E-state index in [0.717, 1.165) is 16.6 Å². The van der Waals surface area contributed by atoms with Crippen LogP contribution in [0.1, 0.15) is 22.8 Å². The molecule has 2 aromatic carbocycles. The zero-order chi connectivity index (χ0) is 17.1. The molecule has 0 fully saturated rings. The van der Waals surface area contributed by atoms with Crippen molar-refractivity contribution in [3.63, 3.8) is 0 Å². The fourth-order valence-electron chi connectivity index (χ4n) is 2.53. The molecule has 1 N–H and O–H groups in total. The summed E-state index contributed by atoms with van der Waals surface area (Å²) in [5.74, 6) is -0.406. The summed E-state index contributed by atoms with van der Waals surface area (Å²) in [6.07, 6.45) is 1.52. The van der Waals surface area contributed by atoms with Crippen LogP contribution in [0.25, 0.3) is 10.9 Å². The van der Waals surface area contributed by atoms with Crippen LogP contribution in [0.5, 0.6) is 0 Å². The molecule has 0 aliphatic heterocycles. The third-order valence-corrected chi connectivity index (χ3v) is 3.85. The molecule has 4 nitrogen and oxygen atoms in total. The number of nitrogens with zero attached hydrogens (tertiary/aromatic N) is 1. The van der Waals surface area contributed by atoms with Gasteiger partial charge in [0.05, 0.1) is 17.8 Å². The third-order valence-electron chi connectivity index (χ3n) is 3.61. The Morgan fingerprint density at radius 3 is 2.83 bits per heavy atom. The Balaban J connectivity index is 2.16. The average Bonchev–Trinajstić information content (AvgIpc) is 2.55. The first kappa shape index (κ1) is 16.3. The molecule has 0 amide bonds. The van der Waals surface area contributed by atoms with Crippen molar-refractivity contribution in [2.75, 3.05) is 11.9 Å². The quantitative estimate of drug-likeness (QED) is 0.670. The van der Waals surface area contributed by atoms with Crippen molar-refractivity contribution in [1.29, 1.82) is 0 Å². The van der Waals surface area contributed by atoms with Crippen LogP contribution in [-0.4, -0.2) is 17.6 Å². The Morgan fingerprint density at radius 2 is 2.08 bits per heavy atom. The topological polar surface area (TPSA) is 51.2 Å². The largest absolute Gasteiger partial charge is 0.462 e. The molecule has 1 aromatic heterocycles. The van der Waals surface area contributed by atoms with Crippen molar-refractivity contribution in [1.82, 2.24) is 4.98 Å². The highest BCUT2D eigenvalue weighted by molar-refractivity contribution is 6.31. The van der Waals surface area contributed by atoms with Gasteiger partial charge in [-0.2, -0.15) is 0 Å². The minimum Gasteiger partial charge on any atom is -0.462 e. The zero-order valence-corrected chi connectivity index (χ0v) is 14.2. The van der Waals surface area contributed by atoms with Gasteiger partial charge in [-0.1, -0.05) is 23.7 Å². The third kappa shape index (κ3) is 3.34. The number of halogens is 1. The van der Waals surface area contributed by atoms with E-state index in [9.17, 15) is 4.79 Å². The number of anilines is 2. The normalized spacial score (nSPS) is 10.6. The summed E-state index contributed by atoms with van der Waals surface area (Å²) in [5, 5.41) is 4.74. The molecule has 0 aliphatic carbocycles. The molecule has 3 rings (SSSR count). The number of esters is 1. The Bertz CT molecular complexity index is 909. The maximum atomic E-state index is 12.3. The average molecular weight is 341 g/mol. The number of carbonyl (C=O) groups is 1. The first-order valence-corrected chi connectivity index (χ1v) is 8.05. The second-order valence-corrected chi connectivity index (χ2v) is 5.86. The van der Waals surface area contributed by atoms with E-state index in [4.69, 9.17) is 16.3 Å². The molecule has 0 saturated carbocycles. The molecule has 0 radical (unpaired) electrons. The minimum absolute atomic E-state index is 0.307. The maximum Gasteiger partial charge on any atom is 0.341 e. The van der Waals surface area contributed by atoms with Gasteiger partial charge in [0.25, 0.3) is 0 Å². The number of benzene rings is 2. The van der Waals surface area contributed by atoms with Crippen LogP contribution < -0.4 is 5.32 Å². The van der Waals surface area contributed by atoms with Crippen LogP contribution in [0.4, 0.5) is 11.4 Å². The highest BCUT2D eigenvalue weighted by atomic mass is 35.5. The Kier molecular flexibility index (Phi) is 4.67. The van der Waals surface area contributed by atoms with Gasteiger partial charge in [-0.25, -0.2) is 4.79 Å². The molecule has 0 atom stereocenters. The van der Waals surface area contributed by atoms with Crippen LogP contribution in [0.15, 0.2) is 48.7 Å². The number of rotatable bonds is 4. The maximum absolute atomic E-state index is 12.3. The summed E-state index contributed by atoms with van der Waals surface area (Å²) in [6.45, 7) is 4.10. The lowest BCUT2D eigenvalue weighted by molar-refractivity contribution is 0.0527. The lowest BCUT2D eigenvalue weighted by Gasteiger charge is -2.14. The molecular formula is C19H17ClN2O2. The summed E-state index contributed by atoms with van der Waals surface area (Å²) in [5.41, 5.74) is 3.79. The van der Waals surface area contributed by atoms with Crippen molar-refractivity contribution in [2.24, 2.45) is 0 Å². The number of fused-ring (bicyclic) bond motifs is 1. The standard InChI is InChI=1S/C19H17ClN2O2/c1-3-24-19(23)16-11-21-17-10-13(20)7-8-15(17)18(16)22-14-6-4-5-12(2)9-14/h4-11H,3H2,1-2H3,(H,21,22). The smallest absolute Gasteiger partial charge is 0.341 e. The predicted octanol–water partition coefficient (Wildman–Crippen LogP) is 5.12. The first-order chi connectivity index (χ1) is 11.6. The molecular weight excluding hydrogens is 324 g/mol. The minimum atomic E-state index is -0.406. The first-order valence-electron chi connectivity index (χ1n) is 7.67. The molecule has 0 saturated heterocycles. The molecule has 3 aromatic rings. The number of pyridine rings is 1. The molecule has 0 aliphatic rings. The van der Waals surface area contributed by atoms with Gasteiger partial charge in [0.1, 0.15) is 5.56 Å². The number of hydrogen-bond acceptors (Lipinski definition) is 4. The SMILES string of the molecule is CCOC(=O)c1cnc2cc(Cl)ccc2c1Nc1cccc(C)c1. The molecule has 5 heteroatoms. The molecule has 0 bridgehead atoms. The van der Waals surface area contributed by atoms with Gasteiger partial charge < -0.3 is 10.1 Å². The lowest BCUT2D eigenvalue weighted by Crippen LogP contribution is -2.09. The number of aryl methyl sites for hydroxylation is 1. The molecule has 1 heterocycles. The van der Waals surface area contributed by atoms with E-state index in [1.807, 2.05) is 37.3 Å². The van der Waals surface area contributed by atoms with Crippen molar-refractivity contribution < 1.29 is 9.53 Å². The van der Waals surface area contributed by atoms with E-state index >= 15 is 0 Å². The van der Waals surface area contributed by atoms with Gasteiger partial charge in [-0.05, 0) is 49.7 Å². The lowest BCUT2D eigenvalue weighted by atomic mass is 10.1. The second-order valence-electron chi connectivity index (χ2n) is 5.42. The van der Waals surface area contributed by atoms with Gasteiger partial charge in [0.2, 0.25) is 0 Å². The number of nitrogens with one attached hydrogen (secondary N) is 1. The fourth-order valence-corrected chi connectivity index (χ4v) is 2.70. The summed E-state index contributed by atoms with van der Waals surface area (Å²) in [4.78, 5) is 16.6. The van der Waals surface area contributed by atoms with Crippen LogP contribution >= 0.6 is 11.6 Å². The van der Waals surface area contributed by atoms with Crippen LogP contribution in [0, 0.1) is 6.92 Å².